The number of nitro benzene ring substituents is 1. The standard InChI is InChI=1S/C10H13NO4/c1-10(2,3)7-4-5-9(15-14)8(6-7)11(12)13/h4-6,14H,1-3H3. The van der Waals surface area contributed by atoms with Crippen molar-refractivity contribution in [3.05, 3.63) is 33.9 Å². The average molecular weight is 211 g/mol. The lowest BCUT2D eigenvalue weighted by Gasteiger charge is -2.18. The van der Waals surface area contributed by atoms with Crippen LogP contribution in [0.5, 0.6) is 5.75 Å². The van der Waals surface area contributed by atoms with E-state index in [1.165, 1.54) is 12.1 Å². The summed E-state index contributed by atoms with van der Waals surface area (Å²) in [4.78, 5) is 14.0. The summed E-state index contributed by atoms with van der Waals surface area (Å²) in [5, 5.41) is 19.1. The Balaban J connectivity index is 3.28. The largest absolute Gasteiger partial charge is 0.333 e. The highest BCUT2D eigenvalue weighted by Crippen LogP contribution is 2.32. The molecule has 0 atom stereocenters. The maximum absolute atomic E-state index is 10.7. The van der Waals surface area contributed by atoms with Crippen molar-refractivity contribution in [3.63, 3.8) is 0 Å². The predicted molar refractivity (Wildman–Crippen MR) is 55.1 cm³/mol. The van der Waals surface area contributed by atoms with Crippen molar-refractivity contribution >= 4 is 5.69 Å². The average Bonchev–Trinajstić information content (AvgIpc) is 2.15. The highest BCUT2D eigenvalue weighted by molar-refractivity contribution is 5.49. The lowest BCUT2D eigenvalue weighted by atomic mass is 9.87. The zero-order valence-electron chi connectivity index (χ0n) is 8.85. The number of hydrogen-bond acceptors (Lipinski definition) is 4. The summed E-state index contributed by atoms with van der Waals surface area (Å²) >= 11 is 0. The minimum Gasteiger partial charge on any atom is -0.333 e. The van der Waals surface area contributed by atoms with Gasteiger partial charge in [0, 0.05) is 6.07 Å². The molecule has 5 nitrogen and oxygen atoms in total. The number of nitrogens with zero attached hydrogens (tertiary/aromatic N) is 1. The van der Waals surface area contributed by atoms with E-state index in [1.807, 2.05) is 20.8 Å². The number of benzene rings is 1. The van der Waals surface area contributed by atoms with Gasteiger partial charge < -0.3 is 4.89 Å². The van der Waals surface area contributed by atoms with Crippen molar-refractivity contribution in [1.29, 1.82) is 0 Å². The van der Waals surface area contributed by atoms with Gasteiger partial charge in [-0.1, -0.05) is 26.8 Å². The summed E-state index contributed by atoms with van der Waals surface area (Å²) in [7, 11) is 0. The third kappa shape index (κ3) is 2.44. The fourth-order valence-corrected chi connectivity index (χ4v) is 1.20. The quantitative estimate of drug-likeness (QED) is 0.463. The molecule has 0 fully saturated rings. The second-order valence-corrected chi connectivity index (χ2v) is 4.28. The van der Waals surface area contributed by atoms with Crippen LogP contribution in [0.2, 0.25) is 0 Å². The summed E-state index contributed by atoms with van der Waals surface area (Å²) in [5.41, 5.74) is 0.401. The van der Waals surface area contributed by atoms with E-state index in [0.29, 0.717) is 0 Å². The second kappa shape index (κ2) is 3.86. The first-order valence-corrected chi connectivity index (χ1v) is 4.46. The Morgan fingerprint density at radius 2 is 2.00 bits per heavy atom. The molecule has 0 radical (unpaired) electrons. The molecule has 0 saturated heterocycles. The van der Waals surface area contributed by atoms with Crippen LogP contribution in [0.1, 0.15) is 26.3 Å². The molecule has 0 aromatic heterocycles. The molecule has 1 aromatic rings. The van der Waals surface area contributed by atoms with Crippen LogP contribution < -0.4 is 4.89 Å². The third-order valence-electron chi connectivity index (χ3n) is 2.12. The van der Waals surface area contributed by atoms with E-state index < -0.39 is 4.92 Å². The summed E-state index contributed by atoms with van der Waals surface area (Å²) < 4.78 is 0. The van der Waals surface area contributed by atoms with Crippen molar-refractivity contribution in [1.82, 2.24) is 0 Å². The third-order valence-corrected chi connectivity index (χ3v) is 2.12. The molecule has 1 aromatic carbocycles. The maximum atomic E-state index is 10.7. The molecule has 0 saturated carbocycles. The Labute approximate surface area is 87.4 Å². The van der Waals surface area contributed by atoms with E-state index in [4.69, 9.17) is 5.26 Å². The summed E-state index contributed by atoms with van der Waals surface area (Å²) in [5.74, 6) is -0.145. The Kier molecular flexibility index (Phi) is 2.95. The van der Waals surface area contributed by atoms with Crippen LogP contribution in [0.4, 0.5) is 5.69 Å². The Hall–Kier alpha value is -1.62. The molecule has 5 heteroatoms. The minimum atomic E-state index is -0.583. The van der Waals surface area contributed by atoms with Gasteiger partial charge in [-0.2, -0.15) is 0 Å². The number of nitro groups is 1. The molecule has 0 bridgehead atoms. The maximum Gasteiger partial charge on any atom is 0.315 e. The van der Waals surface area contributed by atoms with Crippen LogP contribution in [0.25, 0.3) is 0 Å². The van der Waals surface area contributed by atoms with E-state index in [-0.39, 0.29) is 16.9 Å². The SMILES string of the molecule is CC(C)(C)c1ccc(OO)c([N+](=O)[O-])c1. The Morgan fingerprint density at radius 1 is 1.40 bits per heavy atom. The normalized spacial score (nSPS) is 11.2. The first-order chi connectivity index (χ1) is 6.86. The molecule has 0 aliphatic carbocycles. The molecular formula is C10H13NO4. The lowest BCUT2D eigenvalue weighted by molar-refractivity contribution is -0.388. The summed E-state index contributed by atoms with van der Waals surface area (Å²) in [6.45, 7) is 5.85. The smallest absolute Gasteiger partial charge is 0.315 e. The molecule has 0 unspecified atom stereocenters. The van der Waals surface area contributed by atoms with Crippen molar-refractivity contribution in [2.45, 2.75) is 26.2 Å². The van der Waals surface area contributed by atoms with E-state index in [0.717, 1.165) is 5.56 Å². The van der Waals surface area contributed by atoms with Crippen molar-refractivity contribution in [2.75, 3.05) is 0 Å². The highest BCUT2D eigenvalue weighted by atomic mass is 17.1. The number of rotatable bonds is 2. The van der Waals surface area contributed by atoms with Gasteiger partial charge in [-0.3, -0.25) is 10.1 Å². The van der Waals surface area contributed by atoms with Crippen LogP contribution in [-0.2, 0) is 5.41 Å². The van der Waals surface area contributed by atoms with Gasteiger partial charge in [0.2, 0.25) is 5.75 Å². The van der Waals surface area contributed by atoms with Gasteiger partial charge in [0.1, 0.15) is 0 Å². The monoisotopic (exact) mass is 211 g/mol. The van der Waals surface area contributed by atoms with Crippen molar-refractivity contribution in [3.8, 4) is 5.75 Å². The zero-order valence-corrected chi connectivity index (χ0v) is 8.85. The molecule has 0 aliphatic rings. The summed E-state index contributed by atoms with van der Waals surface area (Å²) in [6, 6.07) is 4.49. The van der Waals surface area contributed by atoms with Crippen LogP contribution in [-0.4, -0.2) is 10.2 Å². The van der Waals surface area contributed by atoms with Gasteiger partial charge in [-0.05, 0) is 17.0 Å². The Bertz CT molecular complexity index is 381. The molecule has 0 heterocycles. The number of hydrogen-bond donors (Lipinski definition) is 1. The summed E-state index contributed by atoms with van der Waals surface area (Å²) in [6.07, 6.45) is 0. The van der Waals surface area contributed by atoms with Gasteiger partial charge in [0.15, 0.2) is 0 Å². The van der Waals surface area contributed by atoms with Crippen molar-refractivity contribution < 1.29 is 15.1 Å². The fraction of sp³-hybridized carbons (Fsp3) is 0.400. The predicted octanol–water partition coefficient (Wildman–Crippen LogP) is 2.74. The molecule has 0 spiro atoms. The van der Waals surface area contributed by atoms with Crippen LogP contribution in [0.15, 0.2) is 18.2 Å². The molecule has 0 aliphatic heterocycles. The van der Waals surface area contributed by atoms with Gasteiger partial charge >= 0.3 is 5.69 Å². The fourth-order valence-electron chi connectivity index (χ4n) is 1.20. The second-order valence-electron chi connectivity index (χ2n) is 4.28. The first kappa shape index (κ1) is 11.5. The van der Waals surface area contributed by atoms with E-state index in [1.54, 1.807) is 6.07 Å². The molecular weight excluding hydrogens is 198 g/mol. The molecule has 1 N–H and O–H groups in total. The van der Waals surface area contributed by atoms with Crippen LogP contribution >= 0.6 is 0 Å². The molecule has 82 valence electrons. The first-order valence-electron chi connectivity index (χ1n) is 4.46. The molecule has 15 heavy (non-hydrogen) atoms. The minimum absolute atomic E-state index is 0.145. The highest BCUT2D eigenvalue weighted by Gasteiger charge is 2.21. The van der Waals surface area contributed by atoms with E-state index in [2.05, 4.69) is 4.89 Å². The topological polar surface area (TPSA) is 72.6 Å². The van der Waals surface area contributed by atoms with Crippen LogP contribution in [0.3, 0.4) is 0 Å². The van der Waals surface area contributed by atoms with E-state index >= 15 is 0 Å². The Morgan fingerprint density at radius 3 is 2.40 bits per heavy atom. The lowest BCUT2D eigenvalue weighted by Crippen LogP contribution is -2.11. The van der Waals surface area contributed by atoms with Crippen LogP contribution in [0, 0.1) is 10.1 Å². The zero-order chi connectivity index (χ0) is 11.6. The van der Waals surface area contributed by atoms with Gasteiger partial charge in [-0.15, -0.1) is 0 Å². The molecule has 1 rings (SSSR count). The van der Waals surface area contributed by atoms with Crippen molar-refractivity contribution in [2.24, 2.45) is 0 Å². The van der Waals surface area contributed by atoms with E-state index in [9.17, 15) is 10.1 Å². The molecule has 0 amide bonds. The van der Waals surface area contributed by atoms with Gasteiger partial charge in [-0.25, -0.2) is 5.26 Å². The van der Waals surface area contributed by atoms with Gasteiger partial charge in [0.05, 0.1) is 4.92 Å². The van der Waals surface area contributed by atoms with Gasteiger partial charge in [0.25, 0.3) is 0 Å².